The maximum absolute atomic E-state index is 13.1. The molecule has 0 spiro atoms. The van der Waals surface area contributed by atoms with Crippen LogP contribution in [0.3, 0.4) is 0 Å². The summed E-state index contributed by atoms with van der Waals surface area (Å²) in [5, 5.41) is 5.26. The van der Waals surface area contributed by atoms with Gasteiger partial charge in [0.15, 0.2) is 11.3 Å². The number of hydrogen-bond donors (Lipinski definition) is 0. The fourth-order valence-corrected chi connectivity index (χ4v) is 3.14. The average molecular weight is 421 g/mol. The number of nitrogens with zero attached hydrogens (tertiary/aromatic N) is 6. The van der Waals surface area contributed by atoms with Gasteiger partial charge in [-0.05, 0) is 31.0 Å². The van der Waals surface area contributed by atoms with E-state index in [0.717, 1.165) is 17.1 Å². The van der Waals surface area contributed by atoms with Gasteiger partial charge in [0.25, 0.3) is 0 Å². The van der Waals surface area contributed by atoms with Crippen LogP contribution >= 0.6 is 11.6 Å². The van der Waals surface area contributed by atoms with Crippen molar-refractivity contribution in [3.05, 3.63) is 59.4 Å². The van der Waals surface area contributed by atoms with Gasteiger partial charge in [0.2, 0.25) is 5.28 Å². The number of rotatable bonds is 4. The summed E-state index contributed by atoms with van der Waals surface area (Å²) in [4.78, 5) is 11.8. The molecule has 0 aliphatic carbocycles. The van der Waals surface area contributed by atoms with Gasteiger partial charge >= 0.3 is 6.18 Å². The molecule has 0 N–H and O–H groups in total. The van der Waals surface area contributed by atoms with Crippen molar-refractivity contribution in [3.8, 4) is 11.4 Å². The Hall–Kier alpha value is -2.94. The number of fused-ring (bicyclic) bond motifs is 1. The normalized spacial score (nSPS) is 12.2. The molecule has 0 atom stereocenters. The van der Waals surface area contributed by atoms with Gasteiger partial charge in [-0.1, -0.05) is 24.3 Å². The molecule has 1 aromatic carbocycles. The highest BCUT2D eigenvalue weighted by molar-refractivity contribution is 6.28. The van der Waals surface area contributed by atoms with Crippen LogP contribution in [0.2, 0.25) is 5.28 Å². The van der Waals surface area contributed by atoms with Crippen molar-refractivity contribution < 1.29 is 13.2 Å². The molecule has 4 aromatic rings. The number of imidazole rings is 1. The zero-order chi connectivity index (χ0) is 20.8. The van der Waals surface area contributed by atoms with Gasteiger partial charge in [0, 0.05) is 30.2 Å². The minimum absolute atomic E-state index is 0.131. The van der Waals surface area contributed by atoms with E-state index in [9.17, 15) is 13.2 Å². The minimum atomic E-state index is -4.48. The molecule has 10 heteroatoms. The van der Waals surface area contributed by atoms with E-state index >= 15 is 0 Å². The van der Waals surface area contributed by atoms with E-state index in [1.54, 1.807) is 29.2 Å². The Labute approximate surface area is 169 Å². The predicted octanol–water partition coefficient (Wildman–Crippen LogP) is 4.99. The number of benzene rings is 1. The molecule has 0 amide bonds. The molecule has 0 bridgehead atoms. The van der Waals surface area contributed by atoms with Gasteiger partial charge in [-0.25, -0.2) is 9.97 Å². The van der Waals surface area contributed by atoms with E-state index in [0.29, 0.717) is 17.8 Å². The fraction of sp³-hybridized carbons (Fsp3) is 0.263. The van der Waals surface area contributed by atoms with Gasteiger partial charge < -0.3 is 4.57 Å². The molecule has 4 rings (SSSR count). The first-order valence-corrected chi connectivity index (χ1v) is 9.19. The summed E-state index contributed by atoms with van der Waals surface area (Å²) in [6.45, 7) is 4.11. The lowest BCUT2D eigenvalue weighted by molar-refractivity contribution is -0.140. The average Bonchev–Trinajstić information content (AvgIpc) is 3.26. The van der Waals surface area contributed by atoms with Crippen molar-refractivity contribution >= 4 is 22.6 Å². The molecule has 3 heterocycles. The molecule has 6 nitrogen and oxygen atoms in total. The van der Waals surface area contributed by atoms with Crippen LogP contribution in [0.15, 0.2) is 42.9 Å². The standard InChI is InChI=1S/C19H16ClF3N6/c1-11(2)29-10-15(19(21,22)23)25-17(29)13-5-3-12(4-6-13)8-28-9-14-7-24-18(20)26-16(14)27-28/h3-7,9-11H,8H2,1-2H3. The van der Waals surface area contributed by atoms with Crippen LogP contribution in [-0.2, 0) is 12.7 Å². The van der Waals surface area contributed by atoms with Crippen LogP contribution in [-0.4, -0.2) is 29.3 Å². The molecular weight excluding hydrogens is 405 g/mol. The quantitative estimate of drug-likeness (QED) is 0.436. The van der Waals surface area contributed by atoms with E-state index in [1.807, 2.05) is 26.0 Å². The van der Waals surface area contributed by atoms with Crippen molar-refractivity contribution in [2.24, 2.45) is 0 Å². The Morgan fingerprint density at radius 1 is 1.07 bits per heavy atom. The molecule has 0 fully saturated rings. The summed E-state index contributed by atoms with van der Waals surface area (Å²) in [7, 11) is 0. The molecule has 0 radical (unpaired) electrons. The van der Waals surface area contributed by atoms with Crippen LogP contribution in [0.5, 0.6) is 0 Å². The molecule has 150 valence electrons. The Balaban J connectivity index is 1.61. The third-order valence-electron chi connectivity index (χ3n) is 4.41. The van der Waals surface area contributed by atoms with Crippen molar-refractivity contribution in [3.63, 3.8) is 0 Å². The maximum atomic E-state index is 13.1. The van der Waals surface area contributed by atoms with Gasteiger partial charge in [0.05, 0.1) is 11.9 Å². The zero-order valence-corrected chi connectivity index (χ0v) is 16.3. The fourth-order valence-electron chi connectivity index (χ4n) is 3.01. The van der Waals surface area contributed by atoms with Crippen molar-refractivity contribution in [1.29, 1.82) is 0 Å². The number of hydrogen-bond acceptors (Lipinski definition) is 4. The lowest BCUT2D eigenvalue weighted by Crippen LogP contribution is -2.05. The molecule has 0 unspecified atom stereocenters. The van der Waals surface area contributed by atoms with Crippen molar-refractivity contribution in [2.75, 3.05) is 0 Å². The third kappa shape index (κ3) is 3.95. The molecule has 3 aromatic heterocycles. The molecule has 0 aliphatic heterocycles. The van der Waals surface area contributed by atoms with Crippen LogP contribution in [0.25, 0.3) is 22.4 Å². The molecule has 0 saturated heterocycles. The SMILES string of the molecule is CC(C)n1cc(C(F)(F)F)nc1-c1ccc(Cn2cc3cnc(Cl)nc3n2)cc1. The van der Waals surface area contributed by atoms with E-state index in [-0.39, 0.29) is 17.1 Å². The van der Waals surface area contributed by atoms with Gasteiger partial charge in [-0.2, -0.15) is 23.3 Å². The molecule has 0 saturated carbocycles. The van der Waals surface area contributed by atoms with E-state index in [1.165, 1.54) is 4.57 Å². The van der Waals surface area contributed by atoms with E-state index < -0.39 is 11.9 Å². The second-order valence-corrected chi connectivity index (χ2v) is 7.23. The highest BCUT2D eigenvalue weighted by Crippen LogP contribution is 2.32. The van der Waals surface area contributed by atoms with Crippen LogP contribution in [0.1, 0.15) is 31.1 Å². The highest BCUT2D eigenvalue weighted by atomic mass is 35.5. The topological polar surface area (TPSA) is 61.4 Å². The van der Waals surface area contributed by atoms with Crippen LogP contribution in [0.4, 0.5) is 13.2 Å². The van der Waals surface area contributed by atoms with Crippen molar-refractivity contribution in [2.45, 2.75) is 32.6 Å². The predicted molar refractivity (Wildman–Crippen MR) is 102 cm³/mol. The summed E-state index contributed by atoms with van der Waals surface area (Å²) in [5.74, 6) is 0.286. The Morgan fingerprint density at radius 2 is 1.79 bits per heavy atom. The maximum Gasteiger partial charge on any atom is 0.434 e. The second kappa shape index (κ2) is 7.14. The molecule has 29 heavy (non-hydrogen) atoms. The second-order valence-electron chi connectivity index (χ2n) is 6.89. The first-order valence-electron chi connectivity index (χ1n) is 8.82. The van der Waals surface area contributed by atoms with Gasteiger partial charge in [-0.3, -0.25) is 4.68 Å². The lowest BCUT2D eigenvalue weighted by atomic mass is 10.1. The first kappa shape index (κ1) is 19.4. The summed E-state index contributed by atoms with van der Waals surface area (Å²) < 4.78 is 42.5. The summed E-state index contributed by atoms with van der Waals surface area (Å²) in [6.07, 6.45) is -0.0278. The largest absolute Gasteiger partial charge is 0.434 e. The van der Waals surface area contributed by atoms with Crippen LogP contribution < -0.4 is 0 Å². The zero-order valence-electron chi connectivity index (χ0n) is 15.5. The Morgan fingerprint density at radius 3 is 2.45 bits per heavy atom. The molecular formula is C19H16ClF3N6. The van der Waals surface area contributed by atoms with Crippen molar-refractivity contribution in [1.82, 2.24) is 29.3 Å². The Kier molecular flexibility index (Phi) is 4.77. The van der Waals surface area contributed by atoms with Gasteiger partial charge in [0.1, 0.15) is 5.82 Å². The Bertz CT molecular complexity index is 1160. The first-order chi connectivity index (χ1) is 13.7. The number of aromatic nitrogens is 6. The minimum Gasteiger partial charge on any atom is -0.328 e. The summed E-state index contributed by atoms with van der Waals surface area (Å²) in [5.41, 5.74) is 1.15. The van der Waals surface area contributed by atoms with E-state index in [4.69, 9.17) is 11.6 Å². The smallest absolute Gasteiger partial charge is 0.328 e. The van der Waals surface area contributed by atoms with E-state index in [2.05, 4.69) is 20.1 Å². The third-order valence-corrected chi connectivity index (χ3v) is 4.60. The lowest BCUT2D eigenvalue weighted by Gasteiger charge is -2.11. The number of halogens is 4. The number of alkyl halides is 3. The molecule has 0 aliphatic rings. The summed E-state index contributed by atoms with van der Waals surface area (Å²) in [6, 6.07) is 7.05. The van der Waals surface area contributed by atoms with Gasteiger partial charge in [-0.15, -0.1) is 0 Å². The van der Waals surface area contributed by atoms with Crippen LogP contribution in [0, 0.1) is 0 Å². The highest BCUT2D eigenvalue weighted by Gasteiger charge is 2.35. The monoisotopic (exact) mass is 420 g/mol. The summed E-state index contributed by atoms with van der Waals surface area (Å²) >= 11 is 5.78.